The van der Waals surface area contributed by atoms with Gasteiger partial charge in [-0.05, 0) is 85.8 Å². The predicted octanol–water partition coefficient (Wildman–Crippen LogP) is 3.40. The highest BCUT2D eigenvalue weighted by Crippen LogP contribution is 2.45. The molecule has 0 bridgehead atoms. The molecule has 1 heterocycles. The molecule has 17 heteroatoms. The summed E-state index contributed by atoms with van der Waals surface area (Å²) in [6, 6.07) is 8.78. The second-order valence-corrected chi connectivity index (χ2v) is 19.5. The summed E-state index contributed by atoms with van der Waals surface area (Å²) in [4.78, 5) is 56.1. The average Bonchev–Trinajstić information content (AvgIpc) is 3.99. The van der Waals surface area contributed by atoms with Gasteiger partial charge in [0, 0.05) is 12.5 Å². The molecule has 4 atom stereocenters. The van der Waals surface area contributed by atoms with Crippen LogP contribution >= 0.6 is 0 Å². The lowest BCUT2D eigenvalue weighted by atomic mass is 9.85. The molecule has 1 saturated heterocycles. The molecular formula is C37H46FN5O9S2. The molecule has 3 N–H and O–H groups in total. The number of sulfonamides is 2. The number of ether oxygens (including phenoxy) is 1. The van der Waals surface area contributed by atoms with E-state index in [1.807, 2.05) is 0 Å². The second kappa shape index (κ2) is 14.7. The summed E-state index contributed by atoms with van der Waals surface area (Å²) >= 11 is 0. The van der Waals surface area contributed by atoms with Gasteiger partial charge in [-0.1, -0.05) is 51.1 Å². The fraction of sp³-hybridized carbons (Fsp3) is 0.514. The van der Waals surface area contributed by atoms with Crippen molar-refractivity contribution in [2.24, 2.45) is 11.3 Å². The van der Waals surface area contributed by atoms with Crippen LogP contribution in [0.4, 0.5) is 9.18 Å². The Morgan fingerprint density at radius 2 is 1.54 bits per heavy atom. The third-order valence-corrected chi connectivity index (χ3v) is 14.1. The van der Waals surface area contributed by atoms with Gasteiger partial charge in [-0.15, -0.1) is 6.58 Å². The van der Waals surface area contributed by atoms with Crippen LogP contribution in [0.5, 0.6) is 0 Å². The third kappa shape index (κ3) is 8.17. The Kier molecular flexibility index (Phi) is 10.7. The van der Waals surface area contributed by atoms with Crippen molar-refractivity contribution in [2.75, 3.05) is 13.2 Å². The number of carbonyl (C=O) groups is 4. The summed E-state index contributed by atoms with van der Waals surface area (Å²) in [5, 5.41) is 4.59. The number of nitrogens with zero attached hydrogens (tertiary/aromatic N) is 2. The maximum Gasteiger partial charge on any atom is 0.408 e. The van der Waals surface area contributed by atoms with Gasteiger partial charge in [-0.3, -0.25) is 19.1 Å². The fourth-order valence-corrected chi connectivity index (χ4v) is 9.75. The zero-order valence-corrected chi connectivity index (χ0v) is 32.1. The average molecular weight is 788 g/mol. The third-order valence-electron chi connectivity index (χ3n) is 10.5. The highest BCUT2D eigenvalue weighted by atomic mass is 32.2. The highest BCUT2D eigenvalue weighted by molar-refractivity contribution is 7.91. The molecule has 0 unspecified atom stereocenters. The molecule has 3 saturated carbocycles. The van der Waals surface area contributed by atoms with Crippen LogP contribution in [0.3, 0.4) is 0 Å². The molecule has 0 spiro atoms. The highest BCUT2D eigenvalue weighted by Gasteiger charge is 2.62. The number of alkyl carbamates (subject to hydrolysis) is 1. The first kappa shape index (κ1) is 39.3. The lowest BCUT2D eigenvalue weighted by molar-refractivity contribution is -0.142. The quantitative estimate of drug-likeness (QED) is 0.271. The minimum atomic E-state index is -4.35. The molecule has 292 valence electrons. The van der Waals surface area contributed by atoms with E-state index in [4.69, 9.17) is 4.74 Å². The summed E-state index contributed by atoms with van der Waals surface area (Å²) in [5.74, 6) is -3.65. The number of carbonyl (C=O) groups excluding carboxylic acids is 4. The van der Waals surface area contributed by atoms with E-state index < -0.39 is 97.1 Å². The second-order valence-electron chi connectivity index (χ2n) is 15.6. The Morgan fingerprint density at radius 3 is 2.07 bits per heavy atom. The van der Waals surface area contributed by atoms with Crippen molar-refractivity contribution in [3.8, 4) is 11.1 Å². The number of hydrogen-bond donors (Lipinski definition) is 3. The van der Waals surface area contributed by atoms with Gasteiger partial charge in [-0.25, -0.2) is 26.0 Å². The van der Waals surface area contributed by atoms with E-state index in [1.165, 1.54) is 30.3 Å². The van der Waals surface area contributed by atoms with E-state index in [0.717, 1.165) is 22.0 Å². The Morgan fingerprint density at radius 1 is 0.944 bits per heavy atom. The van der Waals surface area contributed by atoms with Gasteiger partial charge >= 0.3 is 6.09 Å². The van der Waals surface area contributed by atoms with Gasteiger partial charge < -0.3 is 20.3 Å². The van der Waals surface area contributed by atoms with Crippen molar-refractivity contribution in [2.45, 2.75) is 99.6 Å². The predicted molar refractivity (Wildman–Crippen MR) is 196 cm³/mol. The van der Waals surface area contributed by atoms with Crippen LogP contribution in [0.1, 0.15) is 65.7 Å². The molecule has 1 aliphatic heterocycles. The molecule has 4 fully saturated rings. The molecule has 0 aromatic heterocycles. The first-order valence-corrected chi connectivity index (χ1v) is 21.0. The van der Waals surface area contributed by atoms with Crippen LogP contribution in [-0.2, 0) is 39.2 Å². The van der Waals surface area contributed by atoms with Crippen molar-refractivity contribution in [1.82, 2.24) is 24.6 Å². The Hall–Kier alpha value is -4.35. The number of nitrogens with one attached hydrogen (secondary N) is 3. The number of hydrogen-bond acceptors (Lipinski definition) is 9. The van der Waals surface area contributed by atoms with Gasteiger partial charge in [-0.2, -0.15) is 4.31 Å². The van der Waals surface area contributed by atoms with Crippen molar-refractivity contribution >= 4 is 43.9 Å². The van der Waals surface area contributed by atoms with Crippen molar-refractivity contribution in [3.63, 3.8) is 0 Å². The summed E-state index contributed by atoms with van der Waals surface area (Å²) < 4.78 is 75.6. The van der Waals surface area contributed by atoms with Crippen molar-refractivity contribution in [3.05, 3.63) is 67.0 Å². The molecule has 3 aliphatic carbocycles. The van der Waals surface area contributed by atoms with Gasteiger partial charge in [0.2, 0.25) is 31.9 Å². The van der Waals surface area contributed by atoms with Crippen LogP contribution in [-0.4, -0.2) is 92.0 Å². The Bertz CT molecular complexity index is 2030. The first-order chi connectivity index (χ1) is 25.4. The van der Waals surface area contributed by atoms with E-state index in [1.54, 1.807) is 45.0 Å². The smallest absolute Gasteiger partial charge is 0.408 e. The maximum atomic E-state index is 14.5. The molecule has 4 aliphatic rings. The van der Waals surface area contributed by atoms with Crippen LogP contribution < -0.4 is 15.4 Å². The minimum Gasteiger partial charge on any atom is -0.446 e. The van der Waals surface area contributed by atoms with Crippen LogP contribution in [0.15, 0.2) is 66.1 Å². The lowest BCUT2D eigenvalue weighted by Crippen LogP contribution is -2.60. The van der Waals surface area contributed by atoms with Crippen LogP contribution in [0.25, 0.3) is 11.1 Å². The minimum absolute atomic E-state index is 0.0382. The summed E-state index contributed by atoms with van der Waals surface area (Å²) in [6.45, 7) is 7.72. The van der Waals surface area contributed by atoms with Crippen LogP contribution in [0, 0.1) is 17.2 Å². The SMILES string of the molecule is C=C[C@@H]1C[C@]1(NC(=O)[C@@H]1CN(S(=O)(=O)c2ccc(-c3ccc(F)cc3)cc2)CN1C(=O)[C@@H](NC(=O)OC1CCCC1)C(C)(C)C)C(=O)NS(=O)(=O)C1CC1. The van der Waals surface area contributed by atoms with E-state index in [9.17, 15) is 40.4 Å². The van der Waals surface area contributed by atoms with Gasteiger partial charge in [0.05, 0.1) is 16.8 Å². The zero-order chi connectivity index (χ0) is 39.2. The molecule has 14 nitrogen and oxygen atoms in total. The van der Waals surface area contributed by atoms with E-state index in [-0.39, 0.29) is 17.4 Å². The summed E-state index contributed by atoms with van der Waals surface area (Å²) in [7, 11) is -8.33. The summed E-state index contributed by atoms with van der Waals surface area (Å²) in [5.41, 5.74) is -1.34. The van der Waals surface area contributed by atoms with Crippen LogP contribution in [0.2, 0.25) is 0 Å². The number of amides is 4. The molecule has 2 aromatic rings. The summed E-state index contributed by atoms with van der Waals surface area (Å²) in [6.07, 6.45) is 4.34. The van der Waals surface area contributed by atoms with E-state index in [0.29, 0.717) is 36.8 Å². The molecular weight excluding hydrogens is 742 g/mol. The van der Waals surface area contributed by atoms with Gasteiger partial charge in [0.25, 0.3) is 5.91 Å². The number of rotatable bonds is 12. The van der Waals surface area contributed by atoms with Gasteiger partial charge in [0.1, 0.15) is 29.5 Å². The van der Waals surface area contributed by atoms with E-state index in [2.05, 4.69) is 21.9 Å². The van der Waals surface area contributed by atoms with Gasteiger partial charge in [0.15, 0.2) is 0 Å². The normalized spacial score (nSPS) is 24.0. The maximum absolute atomic E-state index is 14.5. The molecule has 6 rings (SSSR count). The zero-order valence-electron chi connectivity index (χ0n) is 30.4. The molecule has 4 amide bonds. The number of benzene rings is 2. The molecule has 54 heavy (non-hydrogen) atoms. The lowest BCUT2D eigenvalue weighted by Gasteiger charge is -2.35. The first-order valence-electron chi connectivity index (χ1n) is 18.0. The van der Waals surface area contributed by atoms with E-state index >= 15 is 0 Å². The molecule has 0 radical (unpaired) electrons. The largest absolute Gasteiger partial charge is 0.446 e. The standard InChI is InChI=1S/C37H46FN5O9S2/c1-5-25-20-37(25,34(46)41-53(48,49)28-18-19-28)40-32(44)30-21-42(54(50,51)29-16-12-24(13-17-29)23-10-14-26(38)15-11-23)22-43(30)33(45)31(36(2,3)4)39-35(47)52-27-8-6-7-9-27/h5,10-17,25,27-28,30-31H,1,6-9,18-22H2,2-4H3,(H,39,47)(H,40,44)(H,41,46)/t25-,30+,31-,37-/m1/s1. The Labute approximate surface area is 315 Å². The topological polar surface area (TPSA) is 188 Å². The fourth-order valence-electron chi connectivity index (χ4n) is 6.99. The van der Waals surface area contributed by atoms with Crippen molar-refractivity contribution < 1.29 is 45.1 Å². The van der Waals surface area contributed by atoms with Crippen molar-refractivity contribution in [1.29, 1.82) is 0 Å². The molecule has 2 aromatic carbocycles. The monoisotopic (exact) mass is 787 g/mol. The Balaban J connectivity index is 1.28. The number of halogens is 1.